The molecular formula is C90H142N18O14S2. The van der Waals surface area contributed by atoms with Crippen LogP contribution in [0.25, 0.3) is 11.1 Å². The number of carbonyl (C=O) groups is 14. The molecule has 0 unspecified atom stereocenters. The van der Waals surface area contributed by atoms with Crippen LogP contribution in [-0.4, -0.2) is 217 Å². The first-order valence-electron chi connectivity index (χ1n) is 45.1. The number of benzene rings is 1. The lowest BCUT2D eigenvalue weighted by Gasteiger charge is -2.32. The second kappa shape index (κ2) is 50.3. The second-order valence-corrected chi connectivity index (χ2v) is 37.9. The van der Waals surface area contributed by atoms with Crippen LogP contribution in [0.2, 0.25) is 0 Å². The number of nitrogens with zero attached hydrogens (tertiary/aromatic N) is 2. The highest BCUT2D eigenvalue weighted by atomic mass is 32.1. The number of Topliss-reactive ketones (excluding diaryl/α,β-unsaturated/α-hetero) is 1. The minimum atomic E-state index is -1.32. The lowest BCUT2D eigenvalue weighted by Crippen LogP contribution is -2.62. The SMILES string of the molecule is Cc1sc2cc1C1=C(CCC1)c1cc(sc1C)C(=O)[C@H]1CCCN1C(=O)[C@H](C(C)C)NC(=O)[C@H](CCCCN)NC(=O)[C@H](C(C)C)NC(=O)[C@@H](CCCCN)NC(=O)[C@H](CC(C)C)NC(=O)[C@@H]1CCCN1C(=O)[C@@H](Cc1ccccc1)NC(=O)[C@H](C(C)C)NC(=O)[C@H](CCCCN)NC(=O)[C@H](CCCN)NC(=O)[C@H](CCCCN)NC(=O)[C@H](C(C)C)NC2=O. The summed E-state index contributed by atoms with van der Waals surface area (Å²) in [6.45, 7) is 23.0. The summed E-state index contributed by atoms with van der Waals surface area (Å²) in [6, 6.07) is -3.20. The topological polar surface area (TPSA) is 508 Å². The van der Waals surface area contributed by atoms with Gasteiger partial charge in [-0.3, -0.25) is 67.1 Å². The van der Waals surface area contributed by atoms with Gasteiger partial charge in [0.2, 0.25) is 70.9 Å². The monoisotopic (exact) mass is 1760 g/mol. The van der Waals surface area contributed by atoms with E-state index in [1.807, 2.05) is 39.8 Å². The van der Waals surface area contributed by atoms with Gasteiger partial charge in [-0.05, 0) is 257 Å². The number of hydrogen-bond acceptors (Lipinski definition) is 21. The van der Waals surface area contributed by atoms with Crippen LogP contribution in [0.4, 0.5) is 0 Å². The summed E-state index contributed by atoms with van der Waals surface area (Å²) in [6.07, 6.45) is 7.57. The summed E-state index contributed by atoms with van der Waals surface area (Å²) >= 11 is 2.61. The van der Waals surface area contributed by atoms with Crippen molar-refractivity contribution in [2.75, 3.05) is 45.8 Å². The van der Waals surface area contributed by atoms with E-state index in [1.54, 1.807) is 90.6 Å². The zero-order valence-electron chi connectivity index (χ0n) is 75.0. The molecule has 3 aliphatic heterocycles. The Bertz CT molecular complexity index is 4170. The molecule has 1 aromatic carbocycles. The Morgan fingerprint density at radius 3 is 1.13 bits per heavy atom. The molecule has 21 N–H and O–H groups in total. The summed E-state index contributed by atoms with van der Waals surface area (Å²) < 4.78 is 0. The molecule has 688 valence electrons. The van der Waals surface area contributed by atoms with Crippen molar-refractivity contribution < 1.29 is 67.1 Å². The normalized spacial score (nSPS) is 25.1. The largest absolute Gasteiger partial charge is 0.343 e. The van der Waals surface area contributed by atoms with Crippen molar-refractivity contribution in [2.24, 2.45) is 58.3 Å². The summed E-state index contributed by atoms with van der Waals surface area (Å²) in [5, 5.41) is 31.7. The van der Waals surface area contributed by atoms with Gasteiger partial charge < -0.3 is 97.0 Å². The average Bonchev–Trinajstić information content (AvgIpc) is 1.62. The lowest BCUT2D eigenvalue weighted by molar-refractivity contribution is -0.143. The third-order valence-corrected chi connectivity index (χ3v) is 25.8. The van der Waals surface area contributed by atoms with E-state index in [-0.39, 0.29) is 115 Å². The van der Waals surface area contributed by atoms with E-state index in [1.165, 1.54) is 27.6 Å². The van der Waals surface area contributed by atoms with Gasteiger partial charge in [0.15, 0.2) is 5.78 Å². The van der Waals surface area contributed by atoms with E-state index in [4.69, 9.17) is 28.7 Å². The van der Waals surface area contributed by atoms with Crippen molar-refractivity contribution in [3.05, 3.63) is 78.7 Å². The summed E-state index contributed by atoms with van der Waals surface area (Å²) in [7, 11) is 0. The van der Waals surface area contributed by atoms with Gasteiger partial charge >= 0.3 is 0 Å². The minimum Gasteiger partial charge on any atom is -0.343 e. The van der Waals surface area contributed by atoms with Gasteiger partial charge in [0.05, 0.1) is 15.8 Å². The molecule has 3 aromatic rings. The molecule has 0 saturated carbocycles. The van der Waals surface area contributed by atoms with Gasteiger partial charge in [0, 0.05) is 29.3 Å². The maximum atomic E-state index is 15.3. The second-order valence-electron chi connectivity index (χ2n) is 35.4. The number of allylic oxidation sites excluding steroid dienone is 2. The van der Waals surface area contributed by atoms with Crippen molar-refractivity contribution in [1.29, 1.82) is 0 Å². The molecule has 2 aromatic heterocycles. The Kier molecular flexibility index (Phi) is 41.4. The van der Waals surface area contributed by atoms with E-state index < -0.39 is 179 Å². The average molecular weight is 1760 g/mol. The summed E-state index contributed by atoms with van der Waals surface area (Å²) in [5.74, 6) is -11.4. The number of unbranched alkanes of at least 4 members (excludes halogenated alkanes) is 4. The number of nitrogens with one attached hydrogen (secondary N) is 11. The van der Waals surface area contributed by atoms with E-state index in [9.17, 15) is 47.9 Å². The molecule has 5 heterocycles. The first kappa shape index (κ1) is 102. The number of rotatable bonds is 27. The van der Waals surface area contributed by atoms with Crippen molar-refractivity contribution in [1.82, 2.24) is 68.3 Å². The molecule has 0 spiro atoms. The van der Waals surface area contributed by atoms with Gasteiger partial charge in [-0.15, -0.1) is 22.7 Å². The van der Waals surface area contributed by atoms with Gasteiger partial charge in [0.1, 0.15) is 72.5 Å². The Morgan fingerprint density at radius 1 is 0.363 bits per heavy atom. The van der Waals surface area contributed by atoms with Gasteiger partial charge in [0.25, 0.3) is 5.91 Å². The van der Waals surface area contributed by atoms with E-state index >= 15 is 19.2 Å². The number of thiophene rings is 2. The number of hydrogen-bond donors (Lipinski definition) is 16. The fraction of sp³-hybridized carbons (Fsp3) is 0.667. The number of nitrogens with two attached hydrogens (primary N) is 5. The van der Waals surface area contributed by atoms with Crippen molar-refractivity contribution >= 4 is 116 Å². The van der Waals surface area contributed by atoms with E-state index in [0.29, 0.717) is 98.8 Å². The maximum Gasteiger partial charge on any atom is 0.262 e. The van der Waals surface area contributed by atoms with E-state index in [0.717, 1.165) is 38.4 Å². The van der Waals surface area contributed by atoms with Crippen molar-refractivity contribution in [3.63, 3.8) is 0 Å². The fourth-order valence-corrected chi connectivity index (χ4v) is 18.6. The molecule has 2 saturated heterocycles. The van der Waals surface area contributed by atoms with Crippen LogP contribution >= 0.6 is 22.7 Å². The molecule has 34 heteroatoms. The molecule has 7 rings (SSSR count). The molecule has 1 aliphatic carbocycles. The first-order chi connectivity index (χ1) is 59.1. The highest BCUT2D eigenvalue weighted by Gasteiger charge is 2.45. The number of ketones is 1. The third kappa shape index (κ3) is 29.0. The fourth-order valence-electron chi connectivity index (χ4n) is 16.6. The number of amides is 13. The quantitative estimate of drug-likeness (QED) is 0.0455. The summed E-state index contributed by atoms with van der Waals surface area (Å²) in [5.41, 5.74) is 34.3. The van der Waals surface area contributed by atoms with Crippen LogP contribution < -0.4 is 87.2 Å². The molecule has 2 fully saturated rings. The molecule has 4 bridgehead atoms. The predicted molar refractivity (Wildman–Crippen MR) is 482 cm³/mol. The minimum absolute atomic E-state index is 0.0103. The lowest BCUT2D eigenvalue weighted by atomic mass is 9.96. The Hall–Kier alpha value is -9.06. The Morgan fingerprint density at radius 2 is 0.710 bits per heavy atom. The number of aryl methyl sites for hydroxylation is 2. The highest BCUT2D eigenvalue weighted by Crippen LogP contribution is 2.46. The molecule has 0 radical (unpaired) electrons. The van der Waals surface area contributed by atoms with Crippen LogP contribution in [0.15, 0.2) is 42.5 Å². The van der Waals surface area contributed by atoms with Gasteiger partial charge in [-0.1, -0.05) is 99.6 Å². The molecule has 4 aliphatic rings. The highest BCUT2D eigenvalue weighted by molar-refractivity contribution is 7.14. The van der Waals surface area contributed by atoms with Crippen LogP contribution in [0, 0.1) is 43.4 Å². The van der Waals surface area contributed by atoms with Gasteiger partial charge in [-0.2, -0.15) is 0 Å². The molecule has 13 amide bonds. The zero-order valence-corrected chi connectivity index (χ0v) is 76.6. The smallest absolute Gasteiger partial charge is 0.262 e. The maximum absolute atomic E-state index is 15.3. The molecule has 124 heavy (non-hydrogen) atoms. The van der Waals surface area contributed by atoms with Crippen molar-refractivity contribution in [2.45, 2.75) is 309 Å². The van der Waals surface area contributed by atoms with Crippen LogP contribution in [-0.2, 0) is 64.0 Å². The Labute approximate surface area is 739 Å². The first-order valence-corrected chi connectivity index (χ1v) is 46.7. The van der Waals surface area contributed by atoms with Crippen LogP contribution in [0.3, 0.4) is 0 Å². The summed E-state index contributed by atoms with van der Waals surface area (Å²) in [4.78, 5) is 214. The molecule has 13 atom stereocenters. The van der Waals surface area contributed by atoms with Crippen LogP contribution in [0.1, 0.15) is 256 Å². The number of carbonyl (C=O) groups excluding carboxylic acids is 14. The molecule has 32 nitrogen and oxygen atoms in total. The third-order valence-electron chi connectivity index (χ3n) is 23.7. The molecular weight excluding hydrogens is 1620 g/mol. The zero-order chi connectivity index (χ0) is 91.2. The van der Waals surface area contributed by atoms with Crippen molar-refractivity contribution in [3.8, 4) is 0 Å². The van der Waals surface area contributed by atoms with Crippen LogP contribution in [0.5, 0.6) is 0 Å². The van der Waals surface area contributed by atoms with Gasteiger partial charge in [-0.25, -0.2) is 0 Å². The van der Waals surface area contributed by atoms with E-state index in [2.05, 4.69) is 58.5 Å². The number of fused-ring (bicyclic) bond motifs is 8. The standard InChI is InChI=1S/C90H142N18O14S2/c1-50(2)46-67-83(115)98-64(34-18-22-41-93)81(113)103-73(51(3)4)86(118)100-65(35-19-23-42-94)82(114)106-76(54(9)10)90(122)107-44-26-37-69(107)77(109)71-48-60(55(11)123-71)58-30-24-31-59(58)61-49-72(124-56(61)12)85(117)105-75(53(7)8)87(119)99-62(32-16-20-39-91)78(110)97-66(36-25-43-95)79(111)96-63(33-17-21-40-92)80(112)104-74(52(5)6)88(120)102-68(47-57-28-14-13-15-29-57)89(121)108-45-27-38-70(108)84(116)101-67/h13-15,28-29,48-54,62-70,73-76H,16-27,30-47,91-95H2,1-12H3,(H,96,111)(H,97,110)(H,98,115)(H,99,119)(H,100,118)(H,101,116)(H,102,120)(H,103,113)(H,104,112)(H,105,117)(H,106,114)/t62-,63-,64+,65-,66-,67-,68+,69+,70-,73-,74-,75-,76-/m0/s1. The predicted octanol–water partition coefficient (Wildman–Crippen LogP) is 4.81. The Balaban J connectivity index is 1.27.